The molecule has 0 radical (unpaired) electrons. The van der Waals surface area contributed by atoms with Crippen LogP contribution in [0.4, 0.5) is 0 Å². The Hall–Kier alpha value is -0.980. The second-order valence-electron chi connectivity index (χ2n) is 4.19. The number of aromatic amines is 1. The number of aromatic nitrogens is 3. The molecule has 3 aromatic rings. The topological polar surface area (TPSA) is 33.6 Å². The zero-order chi connectivity index (χ0) is 13.6. The van der Waals surface area contributed by atoms with Crippen LogP contribution in [0, 0.1) is 11.7 Å². The normalized spacial score (nSPS) is 11.1. The third-order valence-electron chi connectivity index (χ3n) is 2.82. The van der Waals surface area contributed by atoms with Crippen molar-refractivity contribution in [3.63, 3.8) is 0 Å². The van der Waals surface area contributed by atoms with Crippen molar-refractivity contribution in [1.29, 1.82) is 0 Å². The highest BCUT2D eigenvalue weighted by Crippen LogP contribution is 2.28. The largest absolute Gasteiger partial charge is 0.329 e. The van der Waals surface area contributed by atoms with Crippen LogP contribution < -0.4 is 0 Å². The molecule has 0 saturated carbocycles. The smallest absolute Gasteiger partial charge is 0.184 e. The fourth-order valence-corrected chi connectivity index (χ4v) is 3.03. The third kappa shape index (κ3) is 2.28. The maximum Gasteiger partial charge on any atom is 0.184 e. The number of nitrogens with one attached hydrogen (secondary N) is 1. The quantitative estimate of drug-likeness (QED) is 0.590. The van der Waals surface area contributed by atoms with Gasteiger partial charge in [-0.05, 0) is 65.4 Å². The Morgan fingerprint density at radius 1 is 1.21 bits per heavy atom. The van der Waals surface area contributed by atoms with Gasteiger partial charge < -0.3 is 4.98 Å². The molecule has 1 N–H and O–H groups in total. The number of pyridine rings is 1. The minimum Gasteiger partial charge on any atom is -0.329 e. The van der Waals surface area contributed by atoms with Gasteiger partial charge in [-0.1, -0.05) is 15.9 Å². The number of rotatable bonds is 1. The van der Waals surface area contributed by atoms with E-state index in [1.54, 1.807) is 0 Å². The van der Waals surface area contributed by atoms with Crippen LogP contribution in [0.1, 0.15) is 5.69 Å². The highest BCUT2D eigenvalue weighted by Gasteiger charge is 2.11. The summed E-state index contributed by atoms with van der Waals surface area (Å²) in [7, 11) is 0. The highest BCUT2D eigenvalue weighted by molar-refractivity contribution is 9.11. The van der Waals surface area contributed by atoms with Crippen LogP contribution in [0.25, 0.3) is 16.9 Å². The molecule has 0 saturated heterocycles. The number of benzene rings is 1. The van der Waals surface area contributed by atoms with Crippen LogP contribution in [0.2, 0.25) is 0 Å². The van der Waals surface area contributed by atoms with E-state index in [9.17, 15) is 0 Å². The van der Waals surface area contributed by atoms with E-state index in [0.717, 1.165) is 31.5 Å². The van der Waals surface area contributed by atoms with Crippen molar-refractivity contribution in [2.45, 2.75) is 6.92 Å². The van der Waals surface area contributed by atoms with E-state index in [1.165, 1.54) is 0 Å². The molecule has 0 unspecified atom stereocenters. The van der Waals surface area contributed by atoms with Crippen LogP contribution in [-0.2, 0) is 0 Å². The molecule has 3 rings (SSSR count). The summed E-state index contributed by atoms with van der Waals surface area (Å²) in [4.78, 5) is 7.75. The summed E-state index contributed by atoms with van der Waals surface area (Å²) < 4.78 is 4.53. The van der Waals surface area contributed by atoms with Crippen LogP contribution in [0.5, 0.6) is 0 Å². The van der Waals surface area contributed by atoms with E-state index in [1.807, 2.05) is 41.8 Å². The van der Waals surface area contributed by atoms with Gasteiger partial charge in [0.1, 0.15) is 0 Å². The Balaban J connectivity index is 2.42. The van der Waals surface area contributed by atoms with Crippen molar-refractivity contribution in [2.24, 2.45) is 0 Å². The number of halogens is 2. The average Bonchev–Trinajstić information content (AvgIpc) is 2.68. The molecule has 2 heterocycles. The molecule has 0 aliphatic heterocycles. The number of aryl methyl sites for hydroxylation is 1. The SMILES string of the molecule is Cc1ccc2[nH]c(=S)n(-c3cc(Br)ccc3Br)c2n1. The summed E-state index contributed by atoms with van der Waals surface area (Å²) >= 11 is 12.5. The molecule has 19 heavy (non-hydrogen) atoms. The zero-order valence-electron chi connectivity index (χ0n) is 9.95. The third-order valence-corrected chi connectivity index (χ3v) is 4.27. The van der Waals surface area contributed by atoms with E-state index >= 15 is 0 Å². The zero-order valence-corrected chi connectivity index (χ0v) is 13.9. The molecule has 1 aromatic carbocycles. The molecular formula is C13H9Br2N3S. The lowest BCUT2D eigenvalue weighted by Crippen LogP contribution is -1.97. The molecule has 0 bridgehead atoms. The molecule has 0 aliphatic carbocycles. The van der Waals surface area contributed by atoms with Gasteiger partial charge in [-0.25, -0.2) is 4.98 Å². The fourth-order valence-electron chi connectivity index (χ4n) is 1.96. The van der Waals surface area contributed by atoms with Gasteiger partial charge in [0.25, 0.3) is 0 Å². The lowest BCUT2D eigenvalue weighted by molar-refractivity contribution is 1.03. The Kier molecular flexibility index (Phi) is 3.32. The molecule has 0 spiro atoms. The second kappa shape index (κ2) is 4.85. The van der Waals surface area contributed by atoms with Crippen molar-refractivity contribution in [3.8, 4) is 5.69 Å². The summed E-state index contributed by atoms with van der Waals surface area (Å²) in [5.74, 6) is 0. The number of hydrogen-bond donors (Lipinski definition) is 1. The molecule has 0 aliphatic rings. The van der Waals surface area contributed by atoms with Gasteiger partial charge in [0.15, 0.2) is 10.4 Å². The van der Waals surface area contributed by atoms with Crippen molar-refractivity contribution >= 4 is 55.2 Å². The molecule has 0 fully saturated rings. The number of hydrogen-bond acceptors (Lipinski definition) is 2. The van der Waals surface area contributed by atoms with Gasteiger partial charge >= 0.3 is 0 Å². The summed E-state index contributed by atoms with van der Waals surface area (Å²) in [6, 6.07) is 9.93. The molecule has 3 nitrogen and oxygen atoms in total. The molecule has 96 valence electrons. The van der Waals surface area contributed by atoms with Crippen LogP contribution >= 0.6 is 44.1 Å². The van der Waals surface area contributed by atoms with Crippen molar-refractivity contribution in [2.75, 3.05) is 0 Å². The average molecular weight is 399 g/mol. The highest BCUT2D eigenvalue weighted by atomic mass is 79.9. The van der Waals surface area contributed by atoms with Crippen molar-refractivity contribution in [3.05, 3.63) is 49.7 Å². The fraction of sp³-hybridized carbons (Fsp3) is 0.0769. The molecule has 2 aromatic heterocycles. The summed E-state index contributed by atoms with van der Waals surface area (Å²) in [6.45, 7) is 1.97. The Morgan fingerprint density at radius 2 is 2.00 bits per heavy atom. The van der Waals surface area contributed by atoms with Gasteiger partial charge in [-0.3, -0.25) is 4.57 Å². The monoisotopic (exact) mass is 397 g/mol. The summed E-state index contributed by atoms with van der Waals surface area (Å²) in [6.07, 6.45) is 0. The first-order chi connectivity index (χ1) is 9.06. The van der Waals surface area contributed by atoms with Crippen LogP contribution in [0.3, 0.4) is 0 Å². The first-order valence-corrected chi connectivity index (χ1v) is 7.59. The second-order valence-corrected chi connectivity index (χ2v) is 6.34. The number of fused-ring (bicyclic) bond motifs is 1. The van der Waals surface area contributed by atoms with E-state index in [-0.39, 0.29) is 0 Å². The van der Waals surface area contributed by atoms with Gasteiger partial charge in [0, 0.05) is 14.6 Å². The maximum atomic E-state index is 5.41. The predicted molar refractivity (Wildman–Crippen MR) is 86.4 cm³/mol. The van der Waals surface area contributed by atoms with Crippen LogP contribution in [-0.4, -0.2) is 14.5 Å². The van der Waals surface area contributed by atoms with Crippen molar-refractivity contribution in [1.82, 2.24) is 14.5 Å². The van der Waals surface area contributed by atoms with E-state index in [0.29, 0.717) is 4.77 Å². The Morgan fingerprint density at radius 3 is 2.79 bits per heavy atom. The van der Waals surface area contributed by atoms with Gasteiger partial charge in [0.05, 0.1) is 11.2 Å². The lowest BCUT2D eigenvalue weighted by Gasteiger charge is -2.07. The standard InChI is InChI=1S/C13H9Br2N3S/c1-7-2-5-10-12(16-7)18(13(19)17-10)11-6-8(14)3-4-9(11)15/h2-6H,1H3,(H,17,19). The first kappa shape index (κ1) is 13.0. The van der Waals surface area contributed by atoms with Gasteiger partial charge in [0.2, 0.25) is 0 Å². The lowest BCUT2D eigenvalue weighted by atomic mass is 10.3. The molecule has 0 atom stereocenters. The molecule has 6 heteroatoms. The van der Waals surface area contributed by atoms with Crippen molar-refractivity contribution < 1.29 is 0 Å². The number of imidazole rings is 1. The minimum atomic E-state index is 0.631. The van der Waals surface area contributed by atoms with E-state index in [4.69, 9.17) is 12.2 Å². The van der Waals surface area contributed by atoms with Gasteiger partial charge in [-0.15, -0.1) is 0 Å². The summed E-state index contributed by atoms with van der Waals surface area (Å²) in [5.41, 5.74) is 3.69. The predicted octanol–water partition coefficient (Wildman–Crippen LogP) is 4.92. The Labute approximate surface area is 131 Å². The van der Waals surface area contributed by atoms with Crippen LogP contribution in [0.15, 0.2) is 39.3 Å². The van der Waals surface area contributed by atoms with E-state index in [2.05, 4.69) is 41.8 Å². The van der Waals surface area contributed by atoms with E-state index < -0.39 is 0 Å². The summed E-state index contributed by atoms with van der Waals surface area (Å²) in [5, 5.41) is 0. The first-order valence-electron chi connectivity index (χ1n) is 5.60. The van der Waals surface area contributed by atoms with Gasteiger partial charge in [-0.2, -0.15) is 0 Å². The minimum absolute atomic E-state index is 0.631. The molecule has 0 amide bonds. The maximum absolute atomic E-state index is 5.41. The Bertz CT molecular complexity index is 836. The number of H-pyrrole nitrogens is 1. The molecular weight excluding hydrogens is 390 g/mol. The number of nitrogens with zero attached hydrogens (tertiary/aromatic N) is 2.